The van der Waals surface area contributed by atoms with Crippen molar-refractivity contribution in [1.29, 1.82) is 0 Å². The highest BCUT2D eigenvalue weighted by Gasteiger charge is 2.19. The number of sulfonamides is 1. The van der Waals surface area contributed by atoms with Gasteiger partial charge in [0.15, 0.2) is 0 Å². The van der Waals surface area contributed by atoms with Crippen molar-refractivity contribution >= 4 is 54.9 Å². The van der Waals surface area contributed by atoms with Crippen LogP contribution >= 0.6 is 27.5 Å². The van der Waals surface area contributed by atoms with Crippen molar-refractivity contribution < 1.29 is 13.2 Å². The van der Waals surface area contributed by atoms with Gasteiger partial charge >= 0.3 is 0 Å². The van der Waals surface area contributed by atoms with Crippen LogP contribution < -0.4 is 9.73 Å². The summed E-state index contributed by atoms with van der Waals surface area (Å²) in [5.74, 6) is -0.400. The smallest absolute Gasteiger partial charge is 0.267 e. The fourth-order valence-electron chi connectivity index (χ4n) is 2.94. The molecular weight excluding hydrogens is 514 g/mol. The van der Waals surface area contributed by atoms with Crippen molar-refractivity contribution in [3.05, 3.63) is 99.0 Å². The molecule has 0 heterocycles. The summed E-state index contributed by atoms with van der Waals surface area (Å²) in [6, 6.07) is 20.9. The molecule has 0 bridgehead atoms. The lowest BCUT2D eigenvalue weighted by Gasteiger charge is -2.23. The molecule has 0 aromatic heterocycles. The molecule has 0 fully saturated rings. The number of nitrogens with one attached hydrogen (secondary N) is 1. The van der Waals surface area contributed by atoms with Crippen LogP contribution in [0.2, 0.25) is 5.02 Å². The quantitative estimate of drug-likeness (QED) is 0.333. The summed E-state index contributed by atoms with van der Waals surface area (Å²) < 4.78 is 26.9. The molecule has 0 saturated heterocycles. The average Bonchev–Trinajstić information content (AvgIpc) is 2.76. The monoisotopic (exact) mass is 533 g/mol. The predicted molar refractivity (Wildman–Crippen MR) is 133 cm³/mol. The van der Waals surface area contributed by atoms with E-state index in [0.717, 1.165) is 16.3 Å². The van der Waals surface area contributed by atoms with Gasteiger partial charge < -0.3 is 0 Å². The highest BCUT2D eigenvalue weighted by molar-refractivity contribution is 9.10. The molecule has 0 spiro atoms. The minimum atomic E-state index is -3.57. The van der Waals surface area contributed by atoms with Gasteiger partial charge in [-0.05, 0) is 60.5 Å². The Balaban J connectivity index is 1.76. The van der Waals surface area contributed by atoms with E-state index < -0.39 is 15.9 Å². The third kappa shape index (κ3) is 6.18. The van der Waals surface area contributed by atoms with Gasteiger partial charge in [-0.15, -0.1) is 0 Å². The first-order chi connectivity index (χ1) is 15.1. The largest absolute Gasteiger partial charge is 0.271 e. The lowest BCUT2D eigenvalue weighted by molar-refractivity contribution is 0.0955. The highest BCUT2D eigenvalue weighted by Crippen LogP contribution is 2.24. The van der Waals surface area contributed by atoms with Crippen LogP contribution in [-0.2, 0) is 16.6 Å². The molecule has 6 nitrogen and oxygen atoms in total. The molecule has 0 radical (unpaired) electrons. The summed E-state index contributed by atoms with van der Waals surface area (Å²) in [5, 5.41) is 4.63. The second-order valence-corrected chi connectivity index (χ2v) is 10.3. The first kappa shape index (κ1) is 24.0. The number of nitrogens with zero attached hydrogens (tertiary/aromatic N) is 2. The van der Waals surface area contributed by atoms with Crippen LogP contribution in [-0.4, -0.2) is 26.3 Å². The van der Waals surface area contributed by atoms with Crippen molar-refractivity contribution in [2.75, 3.05) is 10.6 Å². The van der Waals surface area contributed by atoms with Crippen molar-refractivity contribution in [1.82, 2.24) is 5.43 Å². The third-order valence-corrected chi connectivity index (χ3v) is 6.66. The minimum absolute atomic E-state index is 0.0835. The molecule has 0 aliphatic rings. The lowest BCUT2D eigenvalue weighted by atomic mass is 10.1. The zero-order valence-corrected chi connectivity index (χ0v) is 20.6. The SMILES string of the molecule is C/C(=N/NC(=O)c1ccc(N(Cc2ccccc2Cl)S(C)(=O)=O)cc1)c1cccc(Br)c1. The van der Waals surface area contributed by atoms with Crippen LogP contribution in [0, 0.1) is 0 Å². The molecule has 3 aromatic carbocycles. The van der Waals surface area contributed by atoms with Crippen molar-refractivity contribution in [2.24, 2.45) is 5.10 Å². The number of hydrazone groups is 1. The molecule has 1 amide bonds. The van der Waals surface area contributed by atoms with E-state index in [1.54, 1.807) is 55.5 Å². The third-order valence-electron chi connectivity index (χ3n) is 4.66. The number of carbonyl (C=O) groups is 1. The summed E-state index contributed by atoms with van der Waals surface area (Å²) in [7, 11) is -3.57. The van der Waals surface area contributed by atoms with Gasteiger partial charge in [-0.25, -0.2) is 13.8 Å². The Morgan fingerprint density at radius 2 is 1.72 bits per heavy atom. The standard InChI is InChI=1S/C23H21BrClN3O3S/c1-16(18-7-5-8-20(24)14-18)26-27-23(29)17-10-12-21(13-11-17)28(32(2,30)31)15-19-6-3-4-9-22(19)25/h3-14H,15H2,1-2H3,(H,27,29)/b26-16-. The van der Waals surface area contributed by atoms with Crippen LogP contribution in [0.3, 0.4) is 0 Å². The average molecular weight is 535 g/mol. The maximum Gasteiger partial charge on any atom is 0.271 e. The van der Waals surface area contributed by atoms with Crippen molar-refractivity contribution in [3.8, 4) is 0 Å². The van der Waals surface area contributed by atoms with E-state index in [1.807, 2.05) is 24.3 Å². The predicted octanol–water partition coefficient (Wildman–Crippen LogP) is 5.22. The number of rotatable bonds is 7. The summed E-state index contributed by atoms with van der Waals surface area (Å²) in [6.07, 6.45) is 1.13. The maximum atomic E-state index is 12.5. The molecule has 9 heteroatoms. The number of halogens is 2. The van der Waals surface area contributed by atoms with Crippen LogP contribution in [0.25, 0.3) is 0 Å². The Labute approximate surface area is 201 Å². The molecule has 0 unspecified atom stereocenters. The molecule has 0 saturated carbocycles. The number of hydrogen-bond acceptors (Lipinski definition) is 4. The van der Waals surface area contributed by atoms with E-state index in [4.69, 9.17) is 11.6 Å². The van der Waals surface area contributed by atoms with Gasteiger partial charge in [-0.2, -0.15) is 5.10 Å². The van der Waals surface area contributed by atoms with Crippen LogP contribution in [0.1, 0.15) is 28.4 Å². The van der Waals surface area contributed by atoms with Gasteiger partial charge in [-0.3, -0.25) is 9.10 Å². The first-order valence-electron chi connectivity index (χ1n) is 9.57. The fraction of sp³-hybridized carbons (Fsp3) is 0.130. The highest BCUT2D eigenvalue weighted by atomic mass is 79.9. The van der Waals surface area contributed by atoms with Crippen molar-refractivity contribution in [2.45, 2.75) is 13.5 Å². The van der Waals surface area contributed by atoms with E-state index in [-0.39, 0.29) is 6.54 Å². The number of anilines is 1. The summed E-state index contributed by atoms with van der Waals surface area (Å²) in [5.41, 5.74) is 5.51. The Kier molecular flexibility index (Phi) is 7.71. The minimum Gasteiger partial charge on any atom is -0.267 e. The molecule has 166 valence electrons. The van der Waals surface area contributed by atoms with E-state index in [1.165, 1.54) is 4.31 Å². The Bertz CT molecular complexity index is 1260. The topological polar surface area (TPSA) is 78.8 Å². The molecule has 3 rings (SSSR count). The Hall–Kier alpha value is -2.68. The van der Waals surface area contributed by atoms with Crippen LogP contribution in [0.5, 0.6) is 0 Å². The molecule has 1 N–H and O–H groups in total. The molecule has 32 heavy (non-hydrogen) atoms. The van der Waals surface area contributed by atoms with E-state index in [0.29, 0.717) is 27.5 Å². The number of benzene rings is 3. The van der Waals surface area contributed by atoms with Crippen molar-refractivity contribution in [3.63, 3.8) is 0 Å². The van der Waals surface area contributed by atoms with Gasteiger partial charge in [0, 0.05) is 15.1 Å². The van der Waals surface area contributed by atoms with Crippen LogP contribution in [0.4, 0.5) is 5.69 Å². The van der Waals surface area contributed by atoms with Gasteiger partial charge in [0.2, 0.25) is 10.0 Å². The van der Waals surface area contributed by atoms with Crippen LogP contribution in [0.15, 0.2) is 82.4 Å². The normalized spacial score (nSPS) is 11.8. The zero-order valence-electron chi connectivity index (χ0n) is 17.4. The second kappa shape index (κ2) is 10.3. The number of amides is 1. The Morgan fingerprint density at radius 3 is 2.34 bits per heavy atom. The fourth-order valence-corrected chi connectivity index (χ4v) is 4.41. The van der Waals surface area contributed by atoms with Gasteiger partial charge in [0.05, 0.1) is 24.2 Å². The number of hydrogen-bond donors (Lipinski definition) is 1. The second-order valence-electron chi connectivity index (χ2n) is 7.06. The van der Waals surface area contributed by atoms with E-state index in [2.05, 4.69) is 26.5 Å². The van der Waals surface area contributed by atoms with E-state index in [9.17, 15) is 13.2 Å². The number of carbonyl (C=O) groups excluding carboxylic acids is 1. The summed E-state index contributed by atoms with van der Waals surface area (Å²) in [6.45, 7) is 1.88. The molecular formula is C23H21BrClN3O3S. The molecule has 0 aliphatic heterocycles. The molecule has 3 aromatic rings. The van der Waals surface area contributed by atoms with Gasteiger partial charge in [-0.1, -0.05) is 57.9 Å². The van der Waals surface area contributed by atoms with E-state index >= 15 is 0 Å². The maximum absolute atomic E-state index is 12.5. The Morgan fingerprint density at radius 1 is 1.03 bits per heavy atom. The first-order valence-corrected chi connectivity index (χ1v) is 12.6. The summed E-state index contributed by atoms with van der Waals surface area (Å²) >= 11 is 9.60. The summed E-state index contributed by atoms with van der Waals surface area (Å²) in [4.78, 5) is 12.5. The molecule has 0 aliphatic carbocycles. The van der Waals surface area contributed by atoms with Gasteiger partial charge in [0.25, 0.3) is 5.91 Å². The lowest BCUT2D eigenvalue weighted by Crippen LogP contribution is -2.29. The zero-order chi connectivity index (χ0) is 23.3. The molecule has 0 atom stereocenters. The van der Waals surface area contributed by atoms with Gasteiger partial charge in [0.1, 0.15) is 0 Å².